The van der Waals surface area contributed by atoms with Gasteiger partial charge in [0.25, 0.3) is 0 Å². The molecule has 2 aromatic carbocycles. The first-order valence-electron chi connectivity index (χ1n) is 8.68. The lowest BCUT2D eigenvalue weighted by Crippen LogP contribution is -2.31. The minimum absolute atomic E-state index is 0.131. The summed E-state index contributed by atoms with van der Waals surface area (Å²) in [5.74, 6) is 0.992. The van der Waals surface area contributed by atoms with Crippen molar-refractivity contribution in [1.82, 2.24) is 5.32 Å². The molecular formula is C21H25NO2. The van der Waals surface area contributed by atoms with Gasteiger partial charge in [-0.15, -0.1) is 0 Å². The molecule has 126 valence electrons. The predicted molar refractivity (Wildman–Crippen MR) is 96.3 cm³/mol. The summed E-state index contributed by atoms with van der Waals surface area (Å²) in [6.45, 7) is 2.06. The van der Waals surface area contributed by atoms with Gasteiger partial charge in [-0.05, 0) is 67.0 Å². The van der Waals surface area contributed by atoms with Crippen LogP contribution in [-0.4, -0.2) is 13.0 Å². The van der Waals surface area contributed by atoms with Crippen LogP contribution in [0, 0.1) is 6.92 Å². The van der Waals surface area contributed by atoms with Crippen LogP contribution in [-0.2, 0) is 17.6 Å². The summed E-state index contributed by atoms with van der Waals surface area (Å²) in [7, 11) is 1.67. The highest BCUT2D eigenvalue weighted by molar-refractivity contribution is 5.77. The van der Waals surface area contributed by atoms with Crippen molar-refractivity contribution in [3.8, 4) is 5.75 Å². The molecule has 1 aliphatic carbocycles. The van der Waals surface area contributed by atoms with Crippen molar-refractivity contribution >= 4 is 5.91 Å². The Bertz CT molecular complexity index is 724. The Kier molecular flexibility index (Phi) is 5.19. The van der Waals surface area contributed by atoms with Crippen LogP contribution in [0.1, 0.15) is 47.6 Å². The number of ether oxygens (including phenoxy) is 1. The van der Waals surface area contributed by atoms with Crippen LogP contribution in [0.2, 0.25) is 0 Å². The maximum atomic E-state index is 12.4. The Balaban J connectivity index is 1.59. The number of hydrogen-bond acceptors (Lipinski definition) is 2. The number of rotatable bonds is 5. The van der Waals surface area contributed by atoms with Gasteiger partial charge in [-0.3, -0.25) is 4.79 Å². The topological polar surface area (TPSA) is 38.3 Å². The summed E-state index contributed by atoms with van der Waals surface area (Å²) in [5, 5.41) is 3.22. The number of aryl methyl sites for hydroxylation is 3. The highest BCUT2D eigenvalue weighted by Crippen LogP contribution is 2.29. The molecule has 1 N–H and O–H groups in total. The van der Waals surface area contributed by atoms with E-state index in [2.05, 4.69) is 42.6 Å². The molecule has 3 rings (SSSR count). The summed E-state index contributed by atoms with van der Waals surface area (Å²) < 4.78 is 5.23. The lowest BCUT2D eigenvalue weighted by molar-refractivity contribution is -0.121. The molecule has 0 bridgehead atoms. The second kappa shape index (κ2) is 7.52. The molecule has 0 saturated heterocycles. The van der Waals surface area contributed by atoms with Crippen molar-refractivity contribution in [1.29, 1.82) is 0 Å². The molecule has 1 aliphatic rings. The number of carbonyl (C=O) groups is 1. The third kappa shape index (κ3) is 3.78. The molecule has 0 unspecified atom stereocenters. The molecule has 0 saturated carbocycles. The van der Waals surface area contributed by atoms with Crippen molar-refractivity contribution in [2.75, 3.05) is 7.11 Å². The fourth-order valence-electron chi connectivity index (χ4n) is 3.49. The average molecular weight is 323 g/mol. The SMILES string of the molecule is COc1ccc(CCC(=O)N[C@H]2CCCc3ccccc32)c(C)c1. The van der Waals surface area contributed by atoms with E-state index in [0.717, 1.165) is 31.4 Å². The minimum Gasteiger partial charge on any atom is -0.497 e. The van der Waals surface area contributed by atoms with E-state index in [1.54, 1.807) is 7.11 Å². The van der Waals surface area contributed by atoms with E-state index < -0.39 is 0 Å². The summed E-state index contributed by atoms with van der Waals surface area (Å²) in [4.78, 5) is 12.4. The number of carbonyl (C=O) groups excluding carboxylic acids is 1. The number of nitrogens with one attached hydrogen (secondary N) is 1. The van der Waals surface area contributed by atoms with E-state index in [9.17, 15) is 4.79 Å². The molecule has 0 radical (unpaired) electrons. The highest BCUT2D eigenvalue weighted by Gasteiger charge is 2.21. The fraction of sp³-hybridized carbons (Fsp3) is 0.381. The van der Waals surface area contributed by atoms with Gasteiger partial charge in [0.15, 0.2) is 0 Å². The van der Waals surface area contributed by atoms with Gasteiger partial charge < -0.3 is 10.1 Å². The molecule has 3 heteroatoms. The summed E-state index contributed by atoms with van der Waals surface area (Å²) in [6.07, 6.45) is 4.57. The van der Waals surface area contributed by atoms with E-state index in [1.165, 1.54) is 22.3 Å². The first-order valence-corrected chi connectivity index (χ1v) is 8.68. The highest BCUT2D eigenvalue weighted by atomic mass is 16.5. The van der Waals surface area contributed by atoms with Crippen molar-refractivity contribution in [2.24, 2.45) is 0 Å². The molecule has 0 heterocycles. The quantitative estimate of drug-likeness (QED) is 0.898. The van der Waals surface area contributed by atoms with Crippen molar-refractivity contribution in [3.05, 3.63) is 64.7 Å². The Labute approximate surface area is 144 Å². The van der Waals surface area contributed by atoms with Gasteiger partial charge in [-0.1, -0.05) is 30.3 Å². The van der Waals surface area contributed by atoms with Crippen LogP contribution in [0.25, 0.3) is 0 Å². The average Bonchev–Trinajstić information content (AvgIpc) is 2.61. The Morgan fingerprint density at radius 2 is 2.08 bits per heavy atom. The molecule has 0 spiro atoms. The molecule has 0 fully saturated rings. The molecule has 3 nitrogen and oxygen atoms in total. The van der Waals surface area contributed by atoms with E-state index in [-0.39, 0.29) is 11.9 Å². The van der Waals surface area contributed by atoms with Gasteiger partial charge in [0.2, 0.25) is 5.91 Å². The summed E-state index contributed by atoms with van der Waals surface area (Å²) in [5.41, 5.74) is 5.04. The molecule has 0 aliphatic heterocycles. The summed E-state index contributed by atoms with van der Waals surface area (Å²) >= 11 is 0. The van der Waals surface area contributed by atoms with Gasteiger partial charge in [0.05, 0.1) is 13.2 Å². The predicted octanol–water partition coefficient (Wildman–Crippen LogP) is 4.13. The van der Waals surface area contributed by atoms with Crippen molar-refractivity contribution in [2.45, 2.75) is 45.1 Å². The molecular weight excluding hydrogens is 298 g/mol. The number of hydrogen-bond donors (Lipinski definition) is 1. The third-order valence-corrected chi connectivity index (χ3v) is 4.88. The first-order chi connectivity index (χ1) is 11.7. The lowest BCUT2D eigenvalue weighted by Gasteiger charge is -2.26. The van der Waals surface area contributed by atoms with Gasteiger partial charge in [0, 0.05) is 6.42 Å². The van der Waals surface area contributed by atoms with Gasteiger partial charge in [0.1, 0.15) is 5.75 Å². The number of methoxy groups -OCH3 is 1. The smallest absolute Gasteiger partial charge is 0.220 e. The number of fused-ring (bicyclic) bond motifs is 1. The van der Waals surface area contributed by atoms with Gasteiger partial charge in [-0.25, -0.2) is 0 Å². The second-order valence-corrected chi connectivity index (χ2v) is 6.50. The van der Waals surface area contributed by atoms with E-state index in [1.807, 2.05) is 12.1 Å². The molecule has 24 heavy (non-hydrogen) atoms. The number of amides is 1. The largest absolute Gasteiger partial charge is 0.497 e. The summed E-state index contributed by atoms with van der Waals surface area (Å²) in [6, 6.07) is 14.7. The zero-order chi connectivity index (χ0) is 16.9. The van der Waals surface area contributed by atoms with Crippen LogP contribution in [0.5, 0.6) is 5.75 Å². The van der Waals surface area contributed by atoms with Gasteiger partial charge in [-0.2, -0.15) is 0 Å². The van der Waals surface area contributed by atoms with E-state index in [0.29, 0.717) is 6.42 Å². The van der Waals surface area contributed by atoms with Crippen molar-refractivity contribution < 1.29 is 9.53 Å². The molecule has 1 atom stereocenters. The van der Waals surface area contributed by atoms with Crippen LogP contribution >= 0.6 is 0 Å². The third-order valence-electron chi connectivity index (χ3n) is 4.88. The van der Waals surface area contributed by atoms with Crippen LogP contribution < -0.4 is 10.1 Å². The standard InChI is InChI=1S/C21H25NO2/c1-15-14-18(24-2)12-10-16(15)11-13-21(23)22-20-9-5-7-17-6-3-4-8-19(17)20/h3-4,6,8,10,12,14,20H,5,7,9,11,13H2,1-2H3,(H,22,23)/t20-/m0/s1. The van der Waals surface area contributed by atoms with Gasteiger partial charge >= 0.3 is 0 Å². The second-order valence-electron chi connectivity index (χ2n) is 6.50. The monoisotopic (exact) mass is 323 g/mol. The minimum atomic E-state index is 0.131. The molecule has 1 amide bonds. The fourth-order valence-corrected chi connectivity index (χ4v) is 3.49. The Morgan fingerprint density at radius 3 is 2.88 bits per heavy atom. The van der Waals surface area contributed by atoms with Crippen molar-refractivity contribution in [3.63, 3.8) is 0 Å². The lowest BCUT2D eigenvalue weighted by atomic mass is 9.87. The Hall–Kier alpha value is -2.29. The van der Waals surface area contributed by atoms with Crippen LogP contribution in [0.4, 0.5) is 0 Å². The molecule has 0 aromatic heterocycles. The van der Waals surface area contributed by atoms with E-state index in [4.69, 9.17) is 4.74 Å². The maximum absolute atomic E-state index is 12.4. The molecule has 2 aromatic rings. The van der Waals surface area contributed by atoms with Crippen LogP contribution in [0.3, 0.4) is 0 Å². The zero-order valence-corrected chi connectivity index (χ0v) is 14.5. The first kappa shape index (κ1) is 16.6. The Morgan fingerprint density at radius 1 is 1.25 bits per heavy atom. The number of benzene rings is 2. The van der Waals surface area contributed by atoms with E-state index >= 15 is 0 Å². The zero-order valence-electron chi connectivity index (χ0n) is 14.5. The van der Waals surface area contributed by atoms with Crippen LogP contribution in [0.15, 0.2) is 42.5 Å². The maximum Gasteiger partial charge on any atom is 0.220 e. The normalized spacial score (nSPS) is 16.3.